The molecule has 0 bridgehead atoms. The summed E-state index contributed by atoms with van der Waals surface area (Å²) in [5, 5.41) is 6.78. The van der Waals surface area contributed by atoms with Gasteiger partial charge in [-0.15, -0.1) is 0 Å². The van der Waals surface area contributed by atoms with Crippen LogP contribution in [0, 0.1) is 0 Å². The highest BCUT2D eigenvalue weighted by molar-refractivity contribution is 5.94. The third-order valence-electron chi connectivity index (χ3n) is 4.52. The molecule has 3 heterocycles. The van der Waals surface area contributed by atoms with Crippen molar-refractivity contribution in [2.45, 2.75) is 6.54 Å². The number of nitrogens with zero attached hydrogens (tertiary/aromatic N) is 4. The molecule has 0 unspecified atom stereocenters. The predicted molar refractivity (Wildman–Crippen MR) is 98.0 cm³/mol. The van der Waals surface area contributed by atoms with Gasteiger partial charge in [0.2, 0.25) is 0 Å². The predicted octanol–water partition coefficient (Wildman–Crippen LogP) is 2.92. The Balaban J connectivity index is 1.55. The van der Waals surface area contributed by atoms with Gasteiger partial charge in [-0.25, -0.2) is 4.79 Å². The van der Waals surface area contributed by atoms with E-state index < -0.39 is 0 Å². The van der Waals surface area contributed by atoms with Crippen molar-refractivity contribution in [3.05, 3.63) is 60.7 Å². The van der Waals surface area contributed by atoms with E-state index in [1.165, 1.54) is 0 Å². The molecule has 7 nitrogen and oxygen atoms in total. The number of nitrogens with one attached hydrogen (secondary N) is 1. The van der Waals surface area contributed by atoms with E-state index in [1.54, 1.807) is 30.6 Å². The summed E-state index contributed by atoms with van der Waals surface area (Å²) in [6.07, 6.45) is 7.05. The minimum absolute atomic E-state index is 0.0000681. The van der Waals surface area contributed by atoms with Crippen LogP contribution in [0.2, 0.25) is 0 Å². The maximum Gasteiger partial charge on any atom is 0.324 e. The van der Waals surface area contributed by atoms with Crippen molar-refractivity contribution < 1.29 is 9.53 Å². The minimum atomic E-state index is -0.0000681. The van der Waals surface area contributed by atoms with Gasteiger partial charge in [0, 0.05) is 61.1 Å². The zero-order valence-corrected chi connectivity index (χ0v) is 14.4. The van der Waals surface area contributed by atoms with Gasteiger partial charge < -0.3 is 9.64 Å². The number of anilines is 1. The lowest BCUT2D eigenvalue weighted by molar-refractivity contribution is 0.218. The summed E-state index contributed by atoms with van der Waals surface area (Å²) < 4.78 is 5.53. The lowest BCUT2D eigenvalue weighted by Crippen LogP contribution is -2.31. The van der Waals surface area contributed by atoms with Crippen LogP contribution in [0.1, 0.15) is 5.56 Å². The Labute approximate surface area is 151 Å². The second-order valence-electron chi connectivity index (χ2n) is 6.08. The number of ether oxygens (including phenoxy) is 1. The molecule has 0 saturated carbocycles. The van der Waals surface area contributed by atoms with Crippen molar-refractivity contribution in [3.8, 4) is 16.9 Å². The normalized spacial score (nSPS) is 14.1. The second kappa shape index (κ2) is 6.87. The number of benzene rings is 1. The molecule has 3 aromatic rings. The van der Waals surface area contributed by atoms with Gasteiger partial charge in [-0.05, 0) is 29.8 Å². The van der Waals surface area contributed by atoms with Crippen molar-refractivity contribution in [1.82, 2.24) is 20.1 Å². The first-order chi connectivity index (χ1) is 12.8. The number of aromatic nitrogens is 3. The summed E-state index contributed by atoms with van der Waals surface area (Å²) in [6, 6.07) is 9.66. The van der Waals surface area contributed by atoms with E-state index in [2.05, 4.69) is 15.2 Å². The summed E-state index contributed by atoms with van der Waals surface area (Å²) in [6.45, 7) is 1.92. The fraction of sp³-hybridized carbons (Fsp3) is 0.211. The first-order valence-electron chi connectivity index (χ1n) is 8.39. The average molecular weight is 349 g/mol. The Morgan fingerprint density at radius 1 is 1.19 bits per heavy atom. The molecule has 2 amide bonds. The highest BCUT2D eigenvalue weighted by Crippen LogP contribution is 2.34. The van der Waals surface area contributed by atoms with Crippen LogP contribution in [0.3, 0.4) is 0 Å². The number of hydrogen-bond acceptors (Lipinski definition) is 4. The Morgan fingerprint density at radius 2 is 2.04 bits per heavy atom. The molecule has 1 aliphatic heterocycles. The van der Waals surface area contributed by atoms with Gasteiger partial charge >= 0.3 is 6.03 Å². The van der Waals surface area contributed by atoms with E-state index >= 15 is 0 Å². The van der Waals surface area contributed by atoms with Crippen molar-refractivity contribution >= 4 is 11.7 Å². The quantitative estimate of drug-likeness (QED) is 0.768. The molecule has 2 aromatic heterocycles. The Morgan fingerprint density at radius 3 is 2.77 bits per heavy atom. The maximum atomic E-state index is 12.8. The number of aromatic amines is 1. The summed E-state index contributed by atoms with van der Waals surface area (Å²) in [7, 11) is 1.63. The molecular weight excluding hydrogens is 330 g/mol. The Kier molecular flexibility index (Phi) is 4.27. The topological polar surface area (TPSA) is 74.3 Å². The number of H-pyrrole nitrogens is 1. The van der Waals surface area contributed by atoms with E-state index in [-0.39, 0.29) is 6.03 Å². The molecule has 0 spiro atoms. The lowest BCUT2D eigenvalue weighted by Gasteiger charge is -2.20. The fourth-order valence-corrected chi connectivity index (χ4v) is 3.16. The standard InChI is InChI=1S/C19H19N5O2/c1-26-18-10-16(2-3-17(18)15-11-21-22-12-15)24-9-8-23(19(24)25)13-14-4-6-20-7-5-14/h2-7,10-12H,8-9,13H2,1H3,(H,21,22). The van der Waals surface area contributed by atoms with Crippen molar-refractivity contribution in [3.63, 3.8) is 0 Å². The number of methoxy groups -OCH3 is 1. The molecule has 0 aliphatic carbocycles. The summed E-state index contributed by atoms with van der Waals surface area (Å²) in [5.41, 5.74) is 3.78. The summed E-state index contributed by atoms with van der Waals surface area (Å²) >= 11 is 0. The monoisotopic (exact) mass is 349 g/mol. The van der Waals surface area contributed by atoms with Gasteiger partial charge in [-0.3, -0.25) is 15.0 Å². The van der Waals surface area contributed by atoms with Gasteiger partial charge in [0.1, 0.15) is 5.75 Å². The van der Waals surface area contributed by atoms with Gasteiger partial charge in [-0.1, -0.05) is 0 Å². The third-order valence-corrected chi connectivity index (χ3v) is 4.52. The fourth-order valence-electron chi connectivity index (χ4n) is 3.16. The van der Waals surface area contributed by atoms with E-state index in [9.17, 15) is 4.79 Å². The molecule has 1 saturated heterocycles. The maximum absolute atomic E-state index is 12.8. The van der Waals surface area contributed by atoms with Crippen molar-refractivity contribution in [1.29, 1.82) is 0 Å². The highest BCUT2D eigenvalue weighted by Gasteiger charge is 2.30. The zero-order chi connectivity index (χ0) is 17.9. The number of carbonyl (C=O) groups is 1. The Bertz CT molecular complexity index is 896. The van der Waals surface area contributed by atoms with Crippen LogP contribution in [-0.2, 0) is 6.54 Å². The van der Waals surface area contributed by atoms with Crippen molar-refractivity contribution in [2.24, 2.45) is 0 Å². The molecule has 0 atom stereocenters. The van der Waals surface area contributed by atoms with Crippen LogP contribution in [0.5, 0.6) is 5.75 Å². The minimum Gasteiger partial charge on any atom is -0.496 e. The molecular formula is C19H19N5O2. The largest absolute Gasteiger partial charge is 0.496 e. The van der Waals surface area contributed by atoms with Crippen LogP contribution in [0.4, 0.5) is 10.5 Å². The van der Waals surface area contributed by atoms with Crippen molar-refractivity contribution in [2.75, 3.05) is 25.1 Å². The van der Waals surface area contributed by atoms with Gasteiger partial charge in [0.05, 0.1) is 13.3 Å². The molecule has 0 radical (unpaired) electrons. The van der Waals surface area contributed by atoms with E-state index in [1.807, 2.05) is 41.4 Å². The van der Waals surface area contributed by atoms with Crippen LogP contribution in [-0.4, -0.2) is 46.3 Å². The van der Waals surface area contributed by atoms with E-state index in [4.69, 9.17) is 4.74 Å². The molecule has 7 heteroatoms. The first-order valence-corrected chi connectivity index (χ1v) is 8.39. The number of pyridine rings is 1. The first kappa shape index (κ1) is 16.1. The molecule has 26 heavy (non-hydrogen) atoms. The third kappa shape index (κ3) is 2.99. The smallest absolute Gasteiger partial charge is 0.324 e. The van der Waals surface area contributed by atoms with Gasteiger partial charge in [0.25, 0.3) is 0 Å². The van der Waals surface area contributed by atoms with Crippen LogP contribution in [0.15, 0.2) is 55.1 Å². The second-order valence-corrected chi connectivity index (χ2v) is 6.08. The van der Waals surface area contributed by atoms with Crippen LogP contribution >= 0.6 is 0 Å². The highest BCUT2D eigenvalue weighted by atomic mass is 16.5. The number of amides is 2. The van der Waals surface area contributed by atoms with Gasteiger partial charge in [0.15, 0.2) is 0 Å². The number of rotatable bonds is 5. The lowest BCUT2D eigenvalue weighted by atomic mass is 10.1. The molecule has 1 aromatic carbocycles. The van der Waals surface area contributed by atoms with E-state index in [0.29, 0.717) is 25.4 Å². The Hall–Kier alpha value is -3.35. The zero-order valence-electron chi connectivity index (χ0n) is 14.4. The van der Waals surface area contributed by atoms with Gasteiger partial charge in [-0.2, -0.15) is 5.10 Å². The molecule has 1 N–H and O–H groups in total. The molecule has 132 valence electrons. The van der Waals surface area contributed by atoms with Crippen LogP contribution < -0.4 is 9.64 Å². The summed E-state index contributed by atoms with van der Waals surface area (Å²) in [5.74, 6) is 0.712. The summed E-state index contributed by atoms with van der Waals surface area (Å²) in [4.78, 5) is 20.4. The molecule has 1 aliphatic rings. The number of urea groups is 1. The number of carbonyl (C=O) groups excluding carboxylic acids is 1. The van der Waals surface area contributed by atoms with Crippen LogP contribution in [0.25, 0.3) is 11.1 Å². The average Bonchev–Trinajstić information content (AvgIpc) is 3.33. The molecule has 4 rings (SSSR count). The van der Waals surface area contributed by atoms with E-state index in [0.717, 1.165) is 22.4 Å². The number of hydrogen-bond donors (Lipinski definition) is 1. The SMILES string of the molecule is COc1cc(N2CCN(Cc3ccncc3)C2=O)ccc1-c1cn[nH]c1. The molecule has 1 fully saturated rings.